The van der Waals surface area contributed by atoms with Crippen molar-refractivity contribution in [2.75, 3.05) is 38.2 Å². The third-order valence-corrected chi connectivity index (χ3v) is 5.61. The third-order valence-electron chi connectivity index (χ3n) is 5.61. The molecule has 0 spiro atoms. The van der Waals surface area contributed by atoms with E-state index in [4.69, 9.17) is 4.74 Å². The summed E-state index contributed by atoms with van der Waals surface area (Å²) in [6.45, 7) is 11.3. The van der Waals surface area contributed by atoms with Crippen LogP contribution in [-0.4, -0.2) is 45.4 Å². The summed E-state index contributed by atoms with van der Waals surface area (Å²) in [5, 5.41) is 6.98. The maximum Gasteiger partial charge on any atom is 0.191 e. The standard InChI is InChI=1S/C23H36N4O.HI/c1-23(2,3)21-19(10-8-14-28-21)17-26-22(24-4)25-16-18-9-7-11-20(15-18)27-12-5-6-13-27;/h5-7,9,11,15,19,21H,8,10,12-14,16-17H2,1-4H3,(H2,24,25,26);1H. The molecule has 0 saturated carbocycles. The molecule has 3 rings (SSSR count). The van der Waals surface area contributed by atoms with Crippen LogP contribution >= 0.6 is 24.0 Å². The molecule has 1 fully saturated rings. The number of ether oxygens (including phenoxy) is 1. The Labute approximate surface area is 193 Å². The van der Waals surface area contributed by atoms with Gasteiger partial charge in [0.15, 0.2) is 5.96 Å². The monoisotopic (exact) mass is 512 g/mol. The molecule has 2 N–H and O–H groups in total. The largest absolute Gasteiger partial charge is 0.377 e. The normalized spacial score (nSPS) is 22.3. The minimum Gasteiger partial charge on any atom is -0.377 e. The number of guanidine groups is 1. The van der Waals surface area contributed by atoms with Gasteiger partial charge in [-0.2, -0.15) is 0 Å². The Balaban J connectivity index is 0.00000300. The Morgan fingerprint density at radius 2 is 1.97 bits per heavy atom. The molecule has 0 amide bonds. The van der Waals surface area contributed by atoms with Crippen LogP contribution in [0, 0.1) is 11.3 Å². The fraction of sp³-hybridized carbons (Fsp3) is 0.609. The van der Waals surface area contributed by atoms with Gasteiger partial charge >= 0.3 is 0 Å². The van der Waals surface area contributed by atoms with E-state index in [2.05, 4.69) is 77.7 Å². The molecule has 2 heterocycles. The number of nitrogens with zero attached hydrogens (tertiary/aromatic N) is 2. The number of anilines is 1. The van der Waals surface area contributed by atoms with E-state index in [1.54, 1.807) is 0 Å². The summed E-state index contributed by atoms with van der Waals surface area (Å²) >= 11 is 0. The van der Waals surface area contributed by atoms with Crippen molar-refractivity contribution in [1.29, 1.82) is 0 Å². The van der Waals surface area contributed by atoms with E-state index in [0.717, 1.165) is 45.2 Å². The van der Waals surface area contributed by atoms with E-state index in [1.165, 1.54) is 17.7 Å². The lowest BCUT2D eigenvalue weighted by atomic mass is 9.78. The summed E-state index contributed by atoms with van der Waals surface area (Å²) in [4.78, 5) is 6.78. The van der Waals surface area contributed by atoms with E-state index in [9.17, 15) is 0 Å². The van der Waals surface area contributed by atoms with Crippen molar-refractivity contribution < 1.29 is 4.74 Å². The smallest absolute Gasteiger partial charge is 0.191 e. The van der Waals surface area contributed by atoms with Gasteiger partial charge in [-0.05, 0) is 36.0 Å². The summed E-state index contributed by atoms with van der Waals surface area (Å²) in [6, 6.07) is 8.74. The van der Waals surface area contributed by atoms with Gasteiger partial charge in [0, 0.05) is 51.4 Å². The number of rotatable bonds is 5. The molecular formula is C23H37IN4O. The maximum atomic E-state index is 6.10. The van der Waals surface area contributed by atoms with Gasteiger partial charge in [0.05, 0.1) is 6.10 Å². The molecule has 1 aromatic carbocycles. The maximum absolute atomic E-state index is 6.10. The number of hydrogen-bond donors (Lipinski definition) is 2. The first-order chi connectivity index (χ1) is 13.5. The van der Waals surface area contributed by atoms with Crippen molar-refractivity contribution in [3.63, 3.8) is 0 Å². The Morgan fingerprint density at radius 1 is 1.21 bits per heavy atom. The fourth-order valence-corrected chi connectivity index (χ4v) is 4.20. The van der Waals surface area contributed by atoms with Crippen molar-refractivity contribution in [3.8, 4) is 0 Å². The van der Waals surface area contributed by atoms with E-state index in [0.29, 0.717) is 5.92 Å². The fourth-order valence-electron chi connectivity index (χ4n) is 4.20. The number of aliphatic imine (C=N–C) groups is 1. The van der Waals surface area contributed by atoms with Gasteiger partial charge in [-0.15, -0.1) is 24.0 Å². The average molecular weight is 512 g/mol. The highest BCUT2D eigenvalue weighted by molar-refractivity contribution is 14.0. The molecule has 6 heteroatoms. The van der Waals surface area contributed by atoms with Crippen LogP contribution in [-0.2, 0) is 11.3 Å². The van der Waals surface area contributed by atoms with Crippen LogP contribution in [0.3, 0.4) is 0 Å². The number of benzene rings is 1. The average Bonchev–Trinajstić information content (AvgIpc) is 3.23. The predicted molar refractivity (Wildman–Crippen MR) is 133 cm³/mol. The second-order valence-electron chi connectivity index (χ2n) is 8.91. The second-order valence-corrected chi connectivity index (χ2v) is 8.91. The Kier molecular flexibility index (Phi) is 9.27. The van der Waals surface area contributed by atoms with E-state index < -0.39 is 0 Å². The van der Waals surface area contributed by atoms with E-state index in [-0.39, 0.29) is 35.5 Å². The molecule has 0 bridgehead atoms. The Hall–Kier alpha value is -1.28. The molecule has 5 nitrogen and oxygen atoms in total. The van der Waals surface area contributed by atoms with Gasteiger partial charge in [-0.25, -0.2) is 0 Å². The highest BCUT2D eigenvalue weighted by atomic mass is 127. The highest BCUT2D eigenvalue weighted by Gasteiger charge is 2.35. The van der Waals surface area contributed by atoms with Crippen LogP contribution in [0.4, 0.5) is 5.69 Å². The number of hydrogen-bond acceptors (Lipinski definition) is 3. The van der Waals surface area contributed by atoms with Crippen molar-refractivity contribution in [2.45, 2.75) is 46.3 Å². The molecule has 1 aromatic rings. The molecular weight excluding hydrogens is 475 g/mol. The minimum atomic E-state index is 0. The molecule has 1 saturated heterocycles. The zero-order chi connectivity index (χ0) is 20.0. The van der Waals surface area contributed by atoms with Crippen molar-refractivity contribution in [2.24, 2.45) is 16.3 Å². The lowest BCUT2D eigenvalue weighted by molar-refractivity contribution is -0.0835. The van der Waals surface area contributed by atoms with Gasteiger partial charge < -0.3 is 20.3 Å². The topological polar surface area (TPSA) is 48.9 Å². The molecule has 0 radical (unpaired) electrons. The lowest BCUT2D eigenvalue weighted by Gasteiger charge is -2.40. The zero-order valence-corrected chi connectivity index (χ0v) is 20.6. The van der Waals surface area contributed by atoms with Gasteiger partial charge in [-0.1, -0.05) is 45.1 Å². The molecule has 2 aliphatic heterocycles. The van der Waals surface area contributed by atoms with Crippen LogP contribution in [0.1, 0.15) is 39.2 Å². The third kappa shape index (κ3) is 6.88. The summed E-state index contributed by atoms with van der Waals surface area (Å²) in [6.07, 6.45) is 7.08. The first-order valence-electron chi connectivity index (χ1n) is 10.5. The van der Waals surface area contributed by atoms with Crippen LogP contribution in [0.2, 0.25) is 0 Å². The highest BCUT2D eigenvalue weighted by Crippen LogP contribution is 2.33. The molecule has 2 aliphatic rings. The Bertz CT molecular complexity index is 690. The second kappa shape index (κ2) is 11.2. The van der Waals surface area contributed by atoms with Crippen molar-refractivity contribution >= 4 is 35.6 Å². The van der Waals surface area contributed by atoms with Gasteiger partial charge in [-0.3, -0.25) is 4.99 Å². The van der Waals surface area contributed by atoms with Crippen LogP contribution in [0.5, 0.6) is 0 Å². The zero-order valence-electron chi connectivity index (χ0n) is 18.3. The first-order valence-corrected chi connectivity index (χ1v) is 10.5. The van der Waals surface area contributed by atoms with E-state index in [1.807, 2.05) is 7.05 Å². The molecule has 162 valence electrons. The summed E-state index contributed by atoms with van der Waals surface area (Å²) in [5.41, 5.74) is 2.70. The van der Waals surface area contributed by atoms with Crippen LogP contribution in [0.15, 0.2) is 41.4 Å². The van der Waals surface area contributed by atoms with Crippen molar-refractivity contribution in [1.82, 2.24) is 10.6 Å². The summed E-state index contributed by atoms with van der Waals surface area (Å²) in [5.74, 6) is 1.37. The Morgan fingerprint density at radius 3 is 2.66 bits per heavy atom. The minimum absolute atomic E-state index is 0. The SMILES string of the molecule is CN=C(NCc1cccc(N2CC=CC2)c1)NCC1CCCOC1C(C)(C)C.I. The van der Waals surface area contributed by atoms with Gasteiger partial charge in [0.25, 0.3) is 0 Å². The van der Waals surface area contributed by atoms with Gasteiger partial charge in [0.1, 0.15) is 0 Å². The summed E-state index contributed by atoms with van der Waals surface area (Å²) in [7, 11) is 1.83. The summed E-state index contributed by atoms with van der Waals surface area (Å²) < 4.78 is 6.10. The quantitative estimate of drug-likeness (QED) is 0.269. The molecule has 2 atom stereocenters. The van der Waals surface area contributed by atoms with Gasteiger partial charge in [0.2, 0.25) is 0 Å². The van der Waals surface area contributed by atoms with Crippen molar-refractivity contribution in [3.05, 3.63) is 42.0 Å². The van der Waals surface area contributed by atoms with E-state index >= 15 is 0 Å². The molecule has 29 heavy (non-hydrogen) atoms. The van der Waals surface area contributed by atoms with Crippen LogP contribution < -0.4 is 15.5 Å². The lowest BCUT2D eigenvalue weighted by Crippen LogP contribution is -2.47. The molecule has 2 unspecified atom stereocenters. The molecule has 0 aliphatic carbocycles. The predicted octanol–water partition coefficient (Wildman–Crippen LogP) is 4.19. The number of halogens is 1. The first kappa shape index (κ1) is 24.0. The molecule has 0 aromatic heterocycles. The number of nitrogens with one attached hydrogen (secondary N) is 2. The van der Waals surface area contributed by atoms with Crippen LogP contribution in [0.25, 0.3) is 0 Å².